The van der Waals surface area contributed by atoms with Crippen LogP contribution in [0.2, 0.25) is 0 Å². The molecule has 17 heavy (non-hydrogen) atoms. The topological polar surface area (TPSA) is 58.5 Å². The highest BCUT2D eigenvalue weighted by Crippen LogP contribution is 2.07. The Morgan fingerprint density at radius 2 is 2.00 bits per heavy atom. The van der Waals surface area contributed by atoms with Crippen molar-refractivity contribution >= 4 is 5.82 Å². The number of aromatic nitrogens is 1. The lowest BCUT2D eigenvalue weighted by Gasteiger charge is -2.20. The van der Waals surface area contributed by atoms with E-state index in [0.717, 1.165) is 38.5 Å². The minimum atomic E-state index is 0.455. The monoisotopic (exact) mass is 240 g/mol. The largest absolute Gasteiger partial charge is 0.381 e. The maximum Gasteiger partial charge on any atom is 0.167 e. The number of nitrogen functional groups attached to an aromatic ring is 1. The Labute approximate surface area is 104 Å². The summed E-state index contributed by atoms with van der Waals surface area (Å²) in [5, 5.41) is 3.67. The zero-order valence-corrected chi connectivity index (χ0v) is 11.1. The van der Waals surface area contributed by atoms with Crippen LogP contribution in [0.1, 0.15) is 26.0 Å². The highest BCUT2D eigenvalue weighted by atomic mass is 16.5. The summed E-state index contributed by atoms with van der Waals surface area (Å²) >= 11 is 0. The number of nitrogens with zero attached hydrogens (tertiary/aromatic N) is 3. The van der Waals surface area contributed by atoms with Crippen molar-refractivity contribution < 1.29 is 4.52 Å². The molecule has 0 atom stereocenters. The maximum atomic E-state index is 5.50. The summed E-state index contributed by atoms with van der Waals surface area (Å²) in [4.78, 5) is 4.66. The third-order valence-corrected chi connectivity index (χ3v) is 2.91. The molecule has 1 heterocycles. The molecule has 1 aromatic heterocycles. The predicted octanol–water partition coefficient (Wildman–Crippen LogP) is 1.42. The van der Waals surface area contributed by atoms with Crippen LogP contribution in [0.25, 0.3) is 0 Å². The summed E-state index contributed by atoms with van der Waals surface area (Å²) in [6.07, 6.45) is 1.17. The lowest BCUT2D eigenvalue weighted by atomic mass is 10.3. The first-order valence-corrected chi connectivity index (χ1v) is 6.27. The van der Waals surface area contributed by atoms with Crippen LogP contribution in [0.5, 0.6) is 0 Å². The molecule has 1 aromatic rings. The molecule has 0 aliphatic rings. The van der Waals surface area contributed by atoms with Crippen molar-refractivity contribution in [1.29, 1.82) is 0 Å². The van der Waals surface area contributed by atoms with E-state index in [0.29, 0.717) is 5.82 Å². The van der Waals surface area contributed by atoms with Gasteiger partial charge in [0.15, 0.2) is 11.6 Å². The van der Waals surface area contributed by atoms with E-state index in [4.69, 9.17) is 10.3 Å². The fraction of sp³-hybridized carbons (Fsp3) is 0.750. The molecule has 0 saturated heterocycles. The Morgan fingerprint density at radius 1 is 1.29 bits per heavy atom. The number of hydrogen-bond donors (Lipinski definition) is 1. The van der Waals surface area contributed by atoms with E-state index in [9.17, 15) is 0 Å². The van der Waals surface area contributed by atoms with Crippen LogP contribution < -0.4 is 5.73 Å². The summed E-state index contributed by atoms with van der Waals surface area (Å²) in [6, 6.07) is 1.78. The molecule has 0 amide bonds. The summed E-state index contributed by atoms with van der Waals surface area (Å²) in [6.45, 7) is 9.61. The van der Waals surface area contributed by atoms with Gasteiger partial charge < -0.3 is 15.2 Å². The van der Waals surface area contributed by atoms with Gasteiger partial charge in [0.25, 0.3) is 0 Å². The van der Waals surface area contributed by atoms with Crippen molar-refractivity contribution in [3.05, 3.63) is 11.8 Å². The fourth-order valence-corrected chi connectivity index (χ4v) is 1.85. The zero-order valence-electron chi connectivity index (χ0n) is 11.1. The number of hydrogen-bond acceptors (Lipinski definition) is 5. The van der Waals surface area contributed by atoms with E-state index in [1.807, 2.05) is 0 Å². The minimum absolute atomic E-state index is 0.455. The molecular formula is C12H24N4O. The molecule has 0 bridgehead atoms. The van der Waals surface area contributed by atoms with Gasteiger partial charge in [-0.3, -0.25) is 4.90 Å². The van der Waals surface area contributed by atoms with Crippen molar-refractivity contribution in [2.45, 2.75) is 26.8 Å². The fourth-order valence-electron chi connectivity index (χ4n) is 1.85. The highest BCUT2D eigenvalue weighted by molar-refractivity contribution is 5.26. The van der Waals surface area contributed by atoms with Crippen molar-refractivity contribution in [1.82, 2.24) is 15.0 Å². The number of nitrogens with two attached hydrogens (primary N) is 1. The van der Waals surface area contributed by atoms with Gasteiger partial charge in [-0.1, -0.05) is 19.0 Å². The first-order chi connectivity index (χ1) is 8.15. The normalized spacial score (nSPS) is 11.6. The van der Waals surface area contributed by atoms with E-state index >= 15 is 0 Å². The van der Waals surface area contributed by atoms with Crippen LogP contribution in [0.4, 0.5) is 5.82 Å². The van der Waals surface area contributed by atoms with Crippen LogP contribution in [0, 0.1) is 0 Å². The van der Waals surface area contributed by atoms with Crippen LogP contribution >= 0.6 is 0 Å². The van der Waals surface area contributed by atoms with E-state index in [1.165, 1.54) is 6.42 Å². The quantitative estimate of drug-likeness (QED) is 0.744. The molecule has 0 unspecified atom stereocenters. The molecule has 0 spiro atoms. The second-order valence-electron chi connectivity index (χ2n) is 4.34. The second-order valence-corrected chi connectivity index (χ2v) is 4.34. The Bertz CT molecular complexity index is 309. The van der Waals surface area contributed by atoms with Gasteiger partial charge in [0.1, 0.15) is 0 Å². The predicted molar refractivity (Wildman–Crippen MR) is 69.7 cm³/mol. The number of anilines is 1. The van der Waals surface area contributed by atoms with Gasteiger partial charge in [-0.15, -0.1) is 0 Å². The second kappa shape index (κ2) is 7.29. The van der Waals surface area contributed by atoms with Gasteiger partial charge in [0.05, 0.1) is 6.54 Å². The van der Waals surface area contributed by atoms with Gasteiger partial charge >= 0.3 is 0 Å². The van der Waals surface area contributed by atoms with Crippen LogP contribution in [0.15, 0.2) is 10.6 Å². The molecule has 0 aliphatic heterocycles. The third-order valence-electron chi connectivity index (χ3n) is 2.91. The van der Waals surface area contributed by atoms with Crippen LogP contribution in [0.3, 0.4) is 0 Å². The molecular weight excluding hydrogens is 216 g/mol. The molecule has 2 N–H and O–H groups in total. The van der Waals surface area contributed by atoms with E-state index < -0.39 is 0 Å². The molecule has 5 heteroatoms. The molecule has 0 radical (unpaired) electrons. The zero-order chi connectivity index (χ0) is 12.7. The van der Waals surface area contributed by atoms with Gasteiger partial charge in [0.2, 0.25) is 0 Å². The van der Waals surface area contributed by atoms with E-state index in [-0.39, 0.29) is 0 Å². The lowest BCUT2D eigenvalue weighted by molar-refractivity contribution is 0.241. The standard InChI is InChI=1S/C12H24N4O/c1-4-16(5-2)8-6-7-15(3)10-11-9-12(13)14-17-11/h9H,4-8,10H2,1-3H3,(H2,13,14). The first-order valence-electron chi connectivity index (χ1n) is 6.27. The molecule has 5 nitrogen and oxygen atoms in total. The van der Waals surface area contributed by atoms with Gasteiger partial charge in [-0.25, -0.2) is 0 Å². The van der Waals surface area contributed by atoms with E-state index in [1.54, 1.807) is 6.07 Å². The van der Waals surface area contributed by atoms with Gasteiger partial charge in [0, 0.05) is 6.07 Å². The van der Waals surface area contributed by atoms with Gasteiger partial charge in [-0.2, -0.15) is 0 Å². The molecule has 0 fully saturated rings. The summed E-state index contributed by atoms with van der Waals surface area (Å²) in [5.74, 6) is 1.28. The lowest BCUT2D eigenvalue weighted by Crippen LogP contribution is -2.27. The van der Waals surface area contributed by atoms with E-state index in [2.05, 4.69) is 35.9 Å². The third kappa shape index (κ3) is 5.19. The Kier molecular flexibility index (Phi) is 6.00. The van der Waals surface area contributed by atoms with Crippen molar-refractivity contribution in [2.75, 3.05) is 39.0 Å². The molecule has 98 valence electrons. The Hall–Kier alpha value is -1.07. The summed E-state index contributed by atoms with van der Waals surface area (Å²) in [7, 11) is 2.08. The Morgan fingerprint density at radius 3 is 2.53 bits per heavy atom. The minimum Gasteiger partial charge on any atom is -0.381 e. The molecule has 0 saturated carbocycles. The summed E-state index contributed by atoms with van der Waals surface area (Å²) < 4.78 is 5.08. The average Bonchev–Trinajstić information content (AvgIpc) is 2.70. The molecule has 0 aromatic carbocycles. The first kappa shape index (κ1) is 14.0. The van der Waals surface area contributed by atoms with Crippen LogP contribution in [-0.2, 0) is 6.54 Å². The average molecular weight is 240 g/mol. The Balaban J connectivity index is 2.19. The maximum absolute atomic E-state index is 5.50. The van der Waals surface area contributed by atoms with Crippen molar-refractivity contribution in [3.8, 4) is 0 Å². The molecule has 0 aliphatic carbocycles. The molecule has 1 rings (SSSR count). The summed E-state index contributed by atoms with van der Waals surface area (Å²) in [5.41, 5.74) is 5.50. The van der Waals surface area contributed by atoms with Gasteiger partial charge in [-0.05, 0) is 39.6 Å². The highest BCUT2D eigenvalue weighted by Gasteiger charge is 2.06. The van der Waals surface area contributed by atoms with Crippen LogP contribution in [-0.4, -0.2) is 48.2 Å². The SMILES string of the molecule is CCN(CC)CCCN(C)Cc1cc(N)no1. The van der Waals surface area contributed by atoms with Crippen molar-refractivity contribution in [3.63, 3.8) is 0 Å². The van der Waals surface area contributed by atoms with Crippen molar-refractivity contribution in [2.24, 2.45) is 0 Å². The number of rotatable bonds is 8. The smallest absolute Gasteiger partial charge is 0.167 e.